The number of aromatic nitrogens is 4. The molecule has 3 heterocycles. The average Bonchev–Trinajstić information content (AvgIpc) is 3.36. The molecule has 156 valence electrons. The number of hydrogen-bond acceptors (Lipinski definition) is 8. The molecular weight excluding hydrogens is 398 g/mol. The molecular formula is C17H23N7O4S. The predicted octanol–water partition coefficient (Wildman–Crippen LogP) is 0.445. The number of rotatable bonds is 7. The van der Waals surface area contributed by atoms with Gasteiger partial charge in [-0.3, -0.25) is 0 Å². The Hall–Kier alpha value is -2.54. The minimum absolute atomic E-state index is 0.0185. The molecule has 1 aliphatic rings. The van der Waals surface area contributed by atoms with E-state index in [-0.39, 0.29) is 18.5 Å². The van der Waals surface area contributed by atoms with Crippen LogP contribution in [0.25, 0.3) is 10.9 Å². The summed E-state index contributed by atoms with van der Waals surface area (Å²) in [7, 11) is -3.78. The minimum atomic E-state index is -3.78. The van der Waals surface area contributed by atoms with E-state index < -0.39 is 16.3 Å². The van der Waals surface area contributed by atoms with Crippen LogP contribution in [0.15, 0.2) is 29.0 Å². The summed E-state index contributed by atoms with van der Waals surface area (Å²) in [5, 5.41) is 31.7. The number of aliphatic hydroxyl groups is 1. The number of nitrogens with one attached hydrogen (secondary N) is 2. The van der Waals surface area contributed by atoms with Gasteiger partial charge in [-0.15, -0.1) is 5.10 Å². The zero-order valence-electron chi connectivity index (χ0n) is 15.8. The molecule has 11 nitrogen and oxygen atoms in total. The number of hydrogen-bond donors (Lipinski definition) is 4. The van der Waals surface area contributed by atoms with Crippen LogP contribution in [0.1, 0.15) is 30.3 Å². The summed E-state index contributed by atoms with van der Waals surface area (Å²) in [6, 6.07) is 3.81. The lowest BCUT2D eigenvalue weighted by Crippen LogP contribution is -2.36. The highest BCUT2D eigenvalue weighted by atomic mass is 32.2. The van der Waals surface area contributed by atoms with Crippen molar-refractivity contribution in [2.45, 2.75) is 38.5 Å². The van der Waals surface area contributed by atoms with Crippen molar-refractivity contribution in [3.8, 4) is 0 Å². The third kappa shape index (κ3) is 4.40. The van der Waals surface area contributed by atoms with Gasteiger partial charge < -0.3 is 19.5 Å². The second-order valence-electron chi connectivity index (χ2n) is 7.34. The van der Waals surface area contributed by atoms with Crippen LogP contribution in [-0.4, -0.2) is 46.1 Å². The van der Waals surface area contributed by atoms with Crippen LogP contribution in [0.2, 0.25) is 0 Å². The Morgan fingerprint density at radius 2 is 2.24 bits per heavy atom. The molecule has 3 atom stereocenters. The highest BCUT2D eigenvalue weighted by Gasteiger charge is 2.34. The third-order valence-corrected chi connectivity index (χ3v) is 5.80. The van der Waals surface area contributed by atoms with Crippen molar-refractivity contribution in [1.29, 1.82) is 0 Å². The van der Waals surface area contributed by atoms with Crippen LogP contribution in [0.4, 0.5) is 5.82 Å². The first kappa shape index (κ1) is 19.8. The minimum Gasteiger partial charge on any atom is -0.393 e. The number of aliphatic hydroxyl groups excluding tert-OH is 1. The highest BCUT2D eigenvalue weighted by molar-refractivity contribution is 7.87. The number of anilines is 1. The van der Waals surface area contributed by atoms with Crippen molar-refractivity contribution in [2.24, 2.45) is 11.1 Å². The summed E-state index contributed by atoms with van der Waals surface area (Å²) >= 11 is 0. The van der Waals surface area contributed by atoms with Crippen molar-refractivity contribution in [2.75, 3.05) is 11.9 Å². The van der Waals surface area contributed by atoms with Crippen LogP contribution in [0.3, 0.4) is 0 Å². The van der Waals surface area contributed by atoms with E-state index in [4.69, 9.17) is 9.66 Å². The lowest BCUT2D eigenvalue weighted by molar-refractivity contribution is 0.133. The molecule has 0 unspecified atom stereocenters. The van der Waals surface area contributed by atoms with Crippen LogP contribution >= 0.6 is 0 Å². The Morgan fingerprint density at radius 3 is 2.97 bits per heavy atom. The maximum absolute atomic E-state index is 11.1. The molecule has 0 saturated heterocycles. The molecule has 0 aromatic carbocycles. The maximum atomic E-state index is 11.1. The SMILES string of the molecule is Cc1cc(CNc2nncc3c2ccn3[C@@H]2C[C@@H](CNS(N)(=O)=O)[C@@H](O)C2)no1. The van der Waals surface area contributed by atoms with Crippen LogP contribution in [0, 0.1) is 12.8 Å². The molecule has 3 aromatic heterocycles. The monoisotopic (exact) mass is 421 g/mol. The Labute approximate surface area is 167 Å². The number of nitrogens with two attached hydrogens (primary N) is 1. The molecule has 3 aromatic rings. The molecule has 12 heteroatoms. The molecule has 1 aliphatic carbocycles. The van der Waals surface area contributed by atoms with Gasteiger partial charge in [0.2, 0.25) is 0 Å². The van der Waals surface area contributed by atoms with Gasteiger partial charge in [0.25, 0.3) is 10.2 Å². The summed E-state index contributed by atoms with van der Waals surface area (Å²) in [5.41, 5.74) is 1.65. The topological polar surface area (TPSA) is 161 Å². The lowest BCUT2D eigenvalue weighted by atomic mass is 10.1. The van der Waals surface area contributed by atoms with Gasteiger partial charge >= 0.3 is 0 Å². The van der Waals surface area contributed by atoms with Gasteiger partial charge in [-0.2, -0.15) is 13.5 Å². The van der Waals surface area contributed by atoms with Crippen molar-refractivity contribution < 1.29 is 18.0 Å². The molecule has 4 rings (SSSR count). The highest BCUT2D eigenvalue weighted by Crippen LogP contribution is 2.37. The molecule has 0 radical (unpaired) electrons. The zero-order chi connectivity index (χ0) is 20.6. The predicted molar refractivity (Wildman–Crippen MR) is 105 cm³/mol. The average molecular weight is 421 g/mol. The van der Waals surface area contributed by atoms with E-state index >= 15 is 0 Å². The van der Waals surface area contributed by atoms with Gasteiger partial charge in [0, 0.05) is 36.2 Å². The summed E-state index contributed by atoms with van der Waals surface area (Å²) in [4.78, 5) is 0. The molecule has 1 saturated carbocycles. The van der Waals surface area contributed by atoms with E-state index in [2.05, 4.69) is 30.0 Å². The van der Waals surface area contributed by atoms with E-state index in [9.17, 15) is 13.5 Å². The van der Waals surface area contributed by atoms with E-state index in [1.54, 1.807) is 6.20 Å². The summed E-state index contributed by atoms with van der Waals surface area (Å²) in [6.45, 7) is 2.40. The quantitative estimate of drug-likeness (QED) is 0.427. The second kappa shape index (κ2) is 7.71. The Balaban J connectivity index is 1.50. The van der Waals surface area contributed by atoms with E-state index in [0.717, 1.165) is 22.4 Å². The fraction of sp³-hybridized carbons (Fsp3) is 0.471. The van der Waals surface area contributed by atoms with Crippen molar-refractivity contribution in [3.63, 3.8) is 0 Å². The van der Waals surface area contributed by atoms with E-state index in [1.807, 2.05) is 25.3 Å². The maximum Gasteiger partial charge on any atom is 0.274 e. The standard InChI is InChI=1S/C17H23N7O4S/c1-10-4-12(23-28-10)8-19-17-14-2-3-24(15(14)9-20-22-17)13-5-11(16(25)6-13)7-21-29(18,26)27/h2-4,9,11,13,16,21,25H,5-8H2,1H3,(H,19,22)(H2,18,26,27)/t11-,13+,16-/m0/s1. The number of fused-ring (bicyclic) bond motifs is 1. The van der Waals surface area contributed by atoms with Gasteiger partial charge in [0.05, 0.1) is 24.4 Å². The Bertz CT molecular complexity index is 1110. The van der Waals surface area contributed by atoms with Crippen molar-refractivity contribution in [3.05, 3.63) is 36.0 Å². The van der Waals surface area contributed by atoms with E-state index in [1.165, 1.54) is 0 Å². The van der Waals surface area contributed by atoms with Gasteiger partial charge in [-0.1, -0.05) is 5.16 Å². The van der Waals surface area contributed by atoms with Gasteiger partial charge in [0.1, 0.15) is 11.5 Å². The van der Waals surface area contributed by atoms with Crippen LogP contribution in [0.5, 0.6) is 0 Å². The summed E-state index contributed by atoms with van der Waals surface area (Å²) in [5.74, 6) is 1.16. The summed E-state index contributed by atoms with van der Waals surface area (Å²) < 4.78 is 31.7. The molecule has 1 fully saturated rings. The zero-order valence-corrected chi connectivity index (χ0v) is 16.6. The largest absolute Gasteiger partial charge is 0.393 e. The number of nitrogens with zero attached hydrogens (tertiary/aromatic N) is 4. The van der Waals surface area contributed by atoms with Crippen LogP contribution in [-0.2, 0) is 16.8 Å². The smallest absolute Gasteiger partial charge is 0.274 e. The Kier molecular flexibility index (Phi) is 5.25. The fourth-order valence-corrected chi connectivity index (χ4v) is 4.31. The van der Waals surface area contributed by atoms with Gasteiger partial charge in [-0.25, -0.2) is 9.86 Å². The second-order valence-corrected chi connectivity index (χ2v) is 8.72. The summed E-state index contributed by atoms with van der Waals surface area (Å²) in [6.07, 6.45) is 4.14. The van der Waals surface area contributed by atoms with E-state index in [0.29, 0.717) is 25.2 Å². The van der Waals surface area contributed by atoms with Crippen molar-refractivity contribution in [1.82, 2.24) is 24.6 Å². The normalized spacial score (nSPS) is 22.4. The van der Waals surface area contributed by atoms with Crippen molar-refractivity contribution >= 4 is 26.9 Å². The first-order valence-electron chi connectivity index (χ1n) is 9.24. The van der Waals surface area contributed by atoms with Crippen LogP contribution < -0.4 is 15.2 Å². The molecule has 0 spiro atoms. The third-order valence-electron chi connectivity index (χ3n) is 5.24. The lowest BCUT2D eigenvalue weighted by Gasteiger charge is -2.15. The molecule has 0 bridgehead atoms. The number of aryl methyl sites for hydroxylation is 1. The first-order valence-corrected chi connectivity index (χ1v) is 10.8. The molecule has 0 aliphatic heterocycles. The molecule has 29 heavy (non-hydrogen) atoms. The van der Waals surface area contributed by atoms with Gasteiger partial charge in [0.15, 0.2) is 5.82 Å². The molecule has 5 N–H and O–H groups in total. The fourth-order valence-electron chi connectivity index (χ4n) is 3.86. The molecule has 0 amide bonds. The Morgan fingerprint density at radius 1 is 1.41 bits per heavy atom. The van der Waals surface area contributed by atoms with Gasteiger partial charge in [-0.05, 0) is 25.8 Å². The first-order chi connectivity index (χ1) is 13.8.